The van der Waals surface area contributed by atoms with Crippen LogP contribution in [0.2, 0.25) is 0 Å². The molecule has 1 rings (SSSR count). The Morgan fingerprint density at radius 1 is 1.38 bits per heavy atom. The molecule has 1 aromatic rings. The van der Waals surface area contributed by atoms with E-state index in [0.29, 0.717) is 6.54 Å². The van der Waals surface area contributed by atoms with Crippen molar-refractivity contribution in [3.05, 3.63) is 28.0 Å². The molecule has 1 N–H and O–H groups in total. The number of unbranched alkanes of at least 4 members (excludes halogenated alkanes) is 3. The summed E-state index contributed by atoms with van der Waals surface area (Å²) in [5.74, 6) is -0.0690. The van der Waals surface area contributed by atoms with Crippen LogP contribution in [0.15, 0.2) is 16.9 Å². The number of hydrogen-bond acceptors (Lipinski definition) is 3. The van der Waals surface area contributed by atoms with Crippen molar-refractivity contribution in [1.82, 2.24) is 4.57 Å². The molecule has 0 spiro atoms. The lowest BCUT2D eigenvalue weighted by Crippen LogP contribution is -2.22. The van der Waals surface area contributed by atoms with Gasteiger partial charge in [-0.15, -0.1) is 0 Å². The summed E-state index contributed by atoms with van der Waals surface area (Å²) in [6.07, 6.45) is 4.11. The number of nitriles is 1. The molecule has 16 heavy (non-hydrogen) atoms. The van der Waals surface area contributed by atoms with Gasteiger partial charge in [0.15, 0.2) is 5.88 Å². The average molecular weight is 220 g/mol. The maximum atomic E-state index is 11.7. The van der Waals surface area contributed by atoms with E-state index >= 15 is 0 Å². The number of pyridine rings is 1. The van der Waals surface area contributed by atoms with Gasteiger partial charge in [-0.3, -0.25) is 9.36 Å². The summed E-state index contributed by atoms with van der Waals surface area (Å²) in [5, 5.41) is 18.2. The second kappa shape index (κ2) is 5.96. The first-order valence-corrected chi connectivity index (χ1v) is 5.53. The van der Waals surface area contributed by atoms with Gasteiger partial charge in [-0.2, -0.15) is 5.26 Å². The van der Waals surface area contributed by atoms with Crippen molar-refractivity contribution in [2.24, 2.45) is 0 Å². The third kappa shape index (κ3) is 2.86. The molecular weight excluding hydrogens is 204 g/mol. The Labute approximate surface area is 94.8 Å². The fraction of sp³-hybridized carbons (Fsp3) is 0.500. The van der Waals surface area contributed by atoms with Crippen LogP contribution in [-0.2, 0) is 6.54 Å². The fourth-order valence-corrected chi connectivity index (χ4v) is 1.57. The summed E-state index contributed by atoms with van der Waals surface area (Å²) in [5.41, 5.74) is -0.327. The molecule has 0 amide bonds. The van der Waals surface area contributed by atoms with Crippen LogP contribution < -0.4 is 5.56 Å². The smallest absolute Gasteiger partial charge is 0.271 e. The van der Waals surface area contributed by atoms with Crippen molar-refractivity contribution < 1.29 is 5.11 Å². The minimum absolute atomic E-state index is 0.0690. The highest BCUT2D eigenvalue weighted by atomic mass is 16.3. The van der Waals surface area contributed by atoms with E-state index in [0.717, 1.165) is 25.7 Å². The van der Waals surface area contributed by atoms with E-state index in [-0.39, 0.29) is 11.4 Å². The van der Waals surface area contributed by atoms with Crippen LogP contribution in [-0.4, -0.2) is 9.67 Å². The molecule has 0 radical (unpaired) electrons. The molecule has 0 atom stereocenters. The van der Waals surface area contributed by atoms with Crippen molar-refractivity contribution in [3.8, 4) is 11.9 Å². The summed E-state index contributed by atoms with van der Waals surface area (Å²) in [6, 6.07) is 4.56. The molecule has 0 aliphatic carbocycles. The summed E-state index contributed by atoms with van der Waals surface area (Å²) in [4.78, 5) is 11.7. The Morgan fingerprint density at radius 3 is 2.75 bits per heavy atom. The Bertz CT molecular complexity index is 443. The molecule has 4 heteroatoms. The van der Waals surface area contributed by atoms with Crippen LogP contribution in [0.25, 0.3) is 0 Å². The van der Waals surface area contributed by atoms with Crippen molar-refractivity contribution in [2.75, 3.05) is 0 Å². The van der Waals surface area contributed by atoms with Gasteiger partial charge in [0.2, 0.25) is 0 Å². The predicted molar refractivity (Wildman–Crippen MR) is 61.2 cm³/mol. The number of rotatable bonds is 5. The molecule has 86 valence electrons. The second-order valence-electron chi connectivity index (χ2n) is 3.73. The first kappa shape index (κ1) is 12.3. The Kier molecular flexibility index (Phi) is 4.59. The van der Waals surface area contributed by atoms with Crippen LogP contribution in [0.4, 0.5) is 0 Å². The van der Waals surface area contributed by atoms with Gasteiger partial charge in [0, 0.05) is 6.54 Å². The Hall–Kier alpha value is -1.76. The largest absolute Gasteiger partial charge is 0.494 e. The van der Waals surface area contributed by atoms with Crippen molar-refractivity contribution in [3.63, 3.8) is 0 Å². The SMILES string of the molecule is CCCCCCn1c(O)ccc(C#N)c1=O. The minimum atomic E-state index is -0.404. The van der Waals surface area contributed by atoms with Crippen LogP contribution >= 0.6 is 0 Å². The van der Waals surface area contributed by atoms with Gasteiger partial charge >= 0.3 is 0 Å². The monoisotopic (exact) mass is 220 g/mol. The van der Waals surface area contributed by atoms with Gasteiger partial charge in [0.05, 0.1) is 0 Å². The zero-order valence-electron chi connectivity index (χ0n) is 9.44. The minimum Gasteiger partial charge on any atom is -0.494 e. The molecule has 4 nitrogen and oxygen atoms in total. The quantitative estimate of drug-likeness (QED) is 0.772. The van der Waals surface area contributed by atoms with Crippen molar-refractivity contribution in [1.29, 1.82) is 5.26 Å². The summed E-state index contributed by atoms with van der Waals surface area (Å²) in [7, 11) is 0. The molecule has 0 aliphatic rings. The van der Waals surface area contributed by atoms with Crippen LogP contribution in [0.3, 0.4) is 0 Å². The zero-order valence-corrected chi connectivity index (χ0v) is 9.44. The van der Waals surface area contributed by atoms with Crippen LogP contribution in [0.1, 0.15) is 38.2 Å². The lowest BCUT2D eigenvalue weighted by atomic mass is 10.2. The highest BCUT2D eigenvalue weighted by Crippen LogP contribution is 2.09. The third-order valence-corrected chi connectivity index (χ3v) is 2.51. The number of hydrogen-bond donors (Lipinski definition) is 1. The topological polar surface area (TPSA) is 66.0 Å². The number of aromatic nitrogens is 1. The predicted octanol–water partition coefficient (Wildman–Crippen LogP) is 2.01. The van der Waals surface area contributed by atoms with Gasteiger partial charge in [-0.25, -0.2) is 0 Å². The summed E-state index contributed by atoms with van der Waals surface area (Å²) in [6.45, 7) is 2.58. The lowest BCUT2D eigenvalue weighted by molar-refractivity contribution is 0.399. The maximum absolute atomic E-state index is 11.7. The van der Waals surface area contributed by atoms with Crippen molar-refractivity contribution in [2.45, 2.75) is 39.2 Å². The average Bonchev–Trinajstić information content (AvgIpc) is 2.28. The molecule has 0 saturated carbocycles. The van der Waals surface area contributed by atoms with E-state index in [4.69, 9.17) is 5.26 Å². The number of nitrogens with zero attached hydrogens (tertiary/aromatic N) is 2. The van der Waals surface area contributed by atoms with Gasteiger partial charge in [0.1, 0.15) is 11.6 Å². The fourth-order valence-electron chi connectivity index (χ4n) is 1.57. The highest BCUT2D eigenvalue weighted by molar-refractivity contribution is 5.29. The molecule has 0 aliphatic heterocycles. The molecule has 1 aromatic heterocycles. The normalized spacial score (nSPS) is 10.0. The van der Waals surface area contributed by atoms with E-state index < -0.39 is 5.56 Å². The van der Waals surface area contributed by atoms with E-state index in [2.05, 4.69) is 6.92 Å². The van der Waals surface area contributed by atoms with E-state index in [1.807, 2.05) is 6.07 Å². The van der Waals surface area contributed by atoms with Crippen LogP contribution in [0, 0.1) is 11.3 Å². The van der Waals surface area contributed by atoms with E-state index in [1.165, 1.54) is 16.7 Å². The first-order chi connectivity index (χ1) is 7.70. The molecule has 0 fully saturated rings. The molecule has 0 saturated heterocycles. The molecular formula is C12H16N2O2. The molecule has 0 aromatic carbocycles. The summed E-state index contributed by atoms with van der Waals surface area (Å²) >= 11 is 0. The number of aromatic hydroxyl groups is 1. The van der Waals surface area contributed by atoms with Gasteiger partial charge in [0.25, 0.3) is 5.56 Å². The Morgan fingerprint density at radius 2 is 2.12 bits per heavy atom. The second-order valence-corrected chi connectivity index (χ2v) is 3.73. The zero-order chi connectivity index (χ0) is 12.0. The van der Waals surface area contributed by atoms with Crippen LogP contribution in [0.5, 0.6) is 5.88 Å². The van der Waals surface area contributed by atoms with E-state index in [9.17, 15) is 9.90 Å². The molecule has 1 heterocycles. The summed E-state index contributed by atoms with van der Waals surface area (Å²) < 4.78 is 1.26. The van der Waals surface area contributed by atoms with E-state index in [1.54, 1.807) is 0 Å². The maximum Gasteiger partial charge on any atom is 0.271 e. The third-order valence-electron chi connectivity index (χ3n) is 2.51. The molecule has 0 bridgehead atoms. The van der Waals surface area contributed by atoms with Gasteiger partial charge in [-0.1, -0.05) is 26.2 Å². The standard InChI is InChI=1S/C12H16N2O2/c1-2-3-4-5-8-14-11(15)7-6-10(9-13)12(14)16/h6-7,15H,2-5,8H2,1H3. The van der Waals surface area contributed by atoms with Gasteiger partial charge < -0.3 is 5.11 Å². The lowest BCUT2D eigenvalue weighted by Gasteiger charge is -2.07. The Balaban J connectivity index is 2.79. The first-order valence-electron chi connectivity index (χ1n) is 5.53. The van der Waals surface area contributed by atoms with Gasteiger partial charge in [-0.05, 0) is 18.6 Å². The van der Waals surface area contributed by atoms with Crippen molar-refractivity contribution >= 4 is 0 Å². The molecule has 0 unspecified atom stereocenters. The highest BCUT2D eigenvalue weighted by Gasteiger charge is 2.06.